The second-order valence-corrected chi connectivity index (χ2v) is 10.2. The van der Waals surface area contributed by atoms with Crippen LogP contribution in [0.25, 0.3) is 0 Å². The van der Waals surface area contributed by atoms with Gasteiger partial charge < -0.3 is 23.8 Å². The quantitative estimate of drug-likeness (QED) is 0.298. The Bertz CT molecular complexity index is 1190. The molecule has 3 aromatic carbocycles. The molecule has 1 fully saturated rings. The summed E-state index contributed by atoms with van der Waals surface area (Å²) >= 11 is 0. The first-order valence-corrected chi connectivity index (χ1v) is 13.1. The molecule has 0 aliphatic carbocycles. The summed E-state index contributed by atoms with van der Waals surface area (Å²) in [5, 5.41) is 0. The van der Waals surface area contributed by atoms with Gasteiger partial charge in [0.15, 0.2) is 0 Å². The van der Waals surface area contributed by atoms with Gasteiger partial charge in [-0.3, -0.25) is 0 Å². The van der Waals surface area contributed by atoms with Gasteiger partial charge in [0.25, 0.3) is 0 Å². The highest BCUT2D eigenvalue weighted by Gasteiger charge is 2.33. The summed E-state index contributed by atoms with van der Waals surface area (Å²) in [5.74, 6) is 1.08. The van der Waals surface area contributed by atoms with Crippen LogP contribution in [0.3, 0.4) is 0 Å². The second-order valence-electron chi connectivity index (χ2n) is 10.2. The zero-order chi connectivity index (χ0) is 25.7. The fourth-order valence-corrected chi connectivity index (χ4v) is 4.70. The molecule has 0 spiro atoms. The molecule has 0 saturated carbocycles. The Kier molecular flexibility index (Phi) is 7.65. The third kappa shape index (κ3) is 6.63. The van der Waals surface area contributed by atoms with E-state index in [1.807, 2.05) is 50.2 Å². The molecule has 0 bridgehead atoms. The van der Waals surface area contributed by atoms with Crippen molar-refractivity contribution in [2.24, 2.45) is 0 Å². The molecule has 0 aromatic heterocycles. The van der Waals surface area contributed by atoms with Crippen LogP contribution in [0.15, 0.2) is 72.8 Å². The van der Waals surface area contributed by atoms with E-state index in [2.05, 4.69) is 36.4 Å². The molecule has 194 valence electrons. The van der Waals surface area contributed by atoms with Crippen molar-refractivity contribution in [3.05, 3.63) is 95.1 Å². The van der Waals surface area contributed by atoms with Crippen molar-refractivity contribution in [3.8, 4) is 11.5 Å². The lowest BCUT2D eigenvalue weighted by atomic mass is 10.0. The van der Waals surface area contributed by atoms with Crippen molar-refractivity contribution in [2.75, 3.05) is 19.7 Å². The molecule has 1 amide bonds. The van der Waals surface area contributed by atoms with E-state index < -0.39 is 5.79 Å². The zero-order valence-electron chi connectivity index (χ0n) is 21.7. The van der Waals surface area contributed by atoms with E-state index in [0.717, 1.165) is 48.3 Å². The molecule has 1 atom stereocenters. The van der Waals surface area contributed by atoms with Crippen LogP contribution in [0.5, 0.6) is 11.5 Å². The highest BCUT2D eigenvalue weighted by Crippen LogP contribution is 2.35. The van der Waals surface area contributed by atoms with Crippen LogP contribution in [0, 0.1) is 0 Å². The van der Waals surface area contributed by atoms with Crippen molar-refractivity contribution in [3.63, 3.8) is 0 Å². The minimum absolute atomic E-state index is 0.271. The van der Waals surface area contributed by atoms with Gasteiger partial charge in [0.2, 0.25) is 5.79 Å². The number of unbranched alkanes of at least 4 members (excludes halogenated alkanes) is 1. The Morgan fingerprint density at radius 3 is 2.54 bits per heavy atom. The zero-order valence-corrected chi connectivity index (χ0v) is 21.7. The Morgan fingerprint density at radius 2 is 1.73 bits per heavy atom. The van der Waals surface area contributed by atoms with E-state index in [9.17, 15) is 4.79 Å². The Hall–Kier alpha value is -3.51. The number of amides is 1. The van der Waals surface area contributed by atoms with Crippen LogP contribution >= 0.6 is 0 Å². The lowest BCUT2D eigenvalue weighted by Gasteiger charge is -2.32. The first-order valence-electron chi connectivity index (χ1n) is 13.1. The number of aryl methyl sites for hydroxylation is 1. The smallest absolute Gasteiger partial charge is 0.410 e. The monoisotopic (exact) mass is 501 g/mol. The Balaban J connectivity index is 1.05. The molecule has 37 heavy (non-hydrogen) atoms. The summed E-state index contributed by atoms with van der Waals surface area (Å²) in [5.41, 5.74) is 4.48. The maximum Gasteiger partial charge on any atom is 0.410 e. The van der Waals surface area contributed by atoms with Gasteiger partial charge in [0.05, 0.1) is 19.8 Å². The standard InChI is InChI=1S/C31H35NO5/c1-31(2)35-22-26-20-25(13-16-28(26)37-31)29-21-32(30(33)36-29)18-17-24-11-14-27(15-12-24)34-19-7-6-10-23-8-4-3-5-9-23/h3-5,8-9,11-16,20,29H,6-7,10,17-19,21-22H2,1-2H3. The fourth-order valence-electron chi connectivity index (χ4n) is 4.70. The van der Waals surface area contributed by atoms with Gasteiger partial charge in [-0.05, 0) is 66.6 Å². The second kappa shape index (κ2) is 11.3. The fraction of sp³-hybridized carbons (Fsp3) is 0.387. The molecule has 1 unspecified atom stereocenters. The number of carbonyl (C=O) groups excluding carboxylic acids is 1. The molecule has 2 aliphatic rings. The van der Waals surface area contributed by atoms with E-state index in [-0.39, 0.29) is 12.2 Å². The lowest BCUT2D eigenvalue weighted by molar-refractivity contribution is -0.180. The molecular formula is C31H35NO5. The van der Waals surface area contributed by atoms with Crippen molar-refractivity contribution in [1.29, 1.82) is 0 Å². The highest BCUT2D eigenvalue weighted by molar-refractivity contribution is 5.70. The van der Waals surface area contributed by atoms with Gasteiger partial charge in [0, 0.05) is 26.0 Å². The Labute approximate surface area is 219 Å². The van der Waals surface area contributed by atoms with Gasteiger partial charge in [-0.25, -0.2) is 4.79 Å². The number of carbonyl (C=O) groups is 1. The highest BCUT2D eigenvalue weighted by atomic mass is 16.7. The average molecular weight is 502 g/mol. The van der Waals surface area contributed by atoms with Crippen LogP contribution in [0.1, 0.15) is 55.0 Å². The van der Waals surface area contributed by atoms with Crippen molar-refractivity contribution in [1.82, 2.24) is 4.90 Å². The molecule has 0 radical (unpaired) electrons. The first-order chi connectivity index (χ1) is 17.9. The topological polar surface area (TPSA) is 57.2 Å². The molecule has 1 saturated heterocycles. The van der Waals surface area contributed by atoms with E-state index in [1.54, 1.807) is 4.90 Å². The molecule has 2 aliphatic heterocycles. The van der Waals surface area contributed by atoms with Crippen LogP contribution < -0.4 is 9.47 Å². The number of hydrogen-bond donors (Lipinski definition) is 0. The predicted molar refractivity (Wildman–Crippen MR) is 142 cm³/mol. The SMILES string of the molecule is CC1(C)OCc2cc(C3CN(CCc4ccc(OCCCCc5ccccc5)cc4)C(=O)O3)ccc2O1. The summed E-state index contributed by atoms with van der Waals surface area (Å²) in [7, 11) is 0. The van der Waals surface area contributed by atoms with E-state index >= 15 is 0 Å². The molecular weight excluding hydrogens is 466 g/mol. The minimum Gasteiger partial charge on any atom is -0.494 e. The number of hydrogen-bond acceptors (Lipinski definition) is 5. The van der Waals surface area contributed by atoms with Crippen molar-refractivity contribution in [2.45, 2.75) is 58.0 Å². The van der Waals surface area contributed by atoms with Crippen LogP contribution in [-0.4, -0.2) is 36.5 Å². The lowest BCUT2D eigenvalue weighted by Crippen LogP contribution is -2.35. The molecule has 5 rings (SSSR count). The van der Waals surface area contributed by atoms with E-state index in [0.29, 0.717) is 26.3 Å². The van der Waals surface area contributed by atoms with Crippen molar-refractivity contribution >= 4 is 6.09 Å². The summed E-state index contributed by atoms with van der Waals surface area (Å²) in [6.07, 6.45) is 3.42. The van der Waals surface area contributed by atoms with Crippen LogP contribution in [-0.2, 0) is 28.9 Å². The average Bonchev–Trinajstić information content (AvgIpc) is 3.28. The summed E-state index contributed by atoms with van der Waals surface area (Å²) in [6.45, 7) is 6.14. The third-order valence-corrected chi connectivity index (χ3v) is 6.84. The number of cyclic esters (lactones) is 1. The number of fused-ring (bicyclic) bond motifs is 1. The molecule has 0 N–H and O–H groups in total. The molecule has 6 nitrogen and oxygen atoms in total. The predicted octanol–water partition coefficient (Wildman–Crippen LogP) is 6.47. The maximum atomic E-state index is 12.5. The van der Waals surface area contributed by atoms with Crippen LogP contribution in [0.4, 0.5) is 4.79 Å². The van der Waals surface area contributed by atoms with Gasteiger partial charge in [-0.2, -0.15) is 0 Å². The largest absolute Gasteiger partial charge is 0.494 e. The number of rotatable bonds is 10. The maximum absolute atomic E-state index is 12.5. The van der Waals surface area contributed by atoms with Gasteiger partial charge in [0.1, 0.15) is 17.6 Å². The summed E-state index contributed by atoms with van der Waals surface area (Å²) < 4.78 is 23.2. The van der Waals surface area contributed by atoms with Crippen LogP contribution in [0.2, 0.25) is 0 Å². The first kappa shape index (κ1) is 25.2. The molecule has 2 heterocycles. The summed E-state index contributed by atoms with van der Waals surface area (Å²) in [6, 6.07) is 24.7. The van der Waals surface area contributed by atoms with Gasteiger partial charge >= 0.3 is 6.09 Å². The minimum atomic E-state index is -0.627. The van der Waals surface area contributed by atoms with Crippen molar-refractivity contribution < 1.29 is 23.7 Å². The number of ether oxygens (including phenoxy) is 4. The Morgan fingerprint density at radius 1 is 0.946 bits per heavy atom. The molecule has 3 aromatic rings. The van der Waals surface area contributed by atoms with Gasteiger partial charge in [-0.15, -0.1) is 0 Å². The normalized spacial score (nSPS) is 18.2. The number of nitrogens with zero attached hydrogens (tertiary/aromatic N) is 1. The van der Waals surface area contributed by atoms with E-state index in [1.165, 1.54) is 11.1 Å². The molecule has 6 heteroatoms. The van der Waals surface area contributed by atoms with E-state index in [4.69, 9.17) is 18.9 Å². The number of benzene rings is 3. The summed E-state index contributed by atoms with van der Waals surface area (Å²) in [4.78, 5) is 14.3. The third-order valence-electron chi connectivity index (χ3n) is 6.84. The van der Waals surface area contributed by atoms with Gasteiger partial charge in [-0.1, -0.05) is 48.5 Å².